The van der Waals surface area contributed by atoms with Gasteiger partial charge in [0.15, 0.2) is 0 Å². The van der Waals surface area contributed by atoms with Crippen LogP contribution in [0.3, 0.4) is 0 Å². The fourth-order valence-electron chi connectivity index (χ4n) is 5.81. The topological polar surface area (TPSA) is 18.5 Å². The van der Waals surface area contributed by atoms with Gasteiger partial charge >= 0.3 is 0 Å². The highest BCUT2D eigenvalue weighted by Gasteiger charge is 2.25. The first-order chi connectivity index (χ1) is 20.8. The number of ether oxygens (including phenoxy) is 2. The van der Waals surface area contributed by atoms with Gasteiger partial charge in [-0.25, -0.2) is 0 Å². The lowest BCUT2D eigenvalue weighted by atomic mass is 9.98. The Balaban J connectivity index is 1.47. The van der Waals surface area contributed by atoms with E-state index in [1.165, 1.54) is 71.0 Å². The third kappa shape index (κ3) is 5.23. The smallest absolute Gasteiger partial charge is 0.0737 e. The highest BCUT2D eigenvalue weighted by atomic mass is 32.1. The van der Waals surface area contributed by atoms with Crippen molar-refractivity contribution in [1.29, 1.82) is 0 Å². The lowest BCUT2D eigenvalue weighted by molar-refractivity contribution is 0.120. The van der Waals surface area contributed by atoms with Gasteiger partial charge < -0.3 is 9.47 Å². The molecule has 3 aromatic carbocycles. The zero-order valence-corrected chi connectivity index (χ0v) is 27.3. The molecule has 7 rings (SSSR count). The standard InChI is InChI=1S/C36H34O2S4/c1-3-4-19-38-22-26-32-33(41-30-21-28(40-36(30)32)24-15-9-6-10-16-24)25(17-11-12-18-37-2)31-34(26)42-29-20-27(39-35(29)31)23-13-7-5-8-14-23/h5-10,13-16,20-21H,3-4,11-12,17-19,22H2,1-2H3. The molecule has 0 unspecified atom stereocenters. The summed E-state index contributed by atoms with van der Waals surface area (Å²) in [6.45, 7) is 4.52. The van der Waals surface area contributed by atoms with Crippen LogP contribution in [0.15, 0.2) is 72.8 Å². The Labute approximate surface area is 263 Å². The van der Waals surface area contributed by atoms with Crippen molar-refractivity contribution in [2.75, 3.05) is 20.3 Å². The van der Waals surface area contributed by atoms with Crippen LogP contribution in [0.25, 0.3) is 59.9 Å². The van der Waals surface area contributed by atoms with E-state index in [1.807, 2.05) is 45.3 Å². The molecule has 0 atom stereocenters. The van der Waals surface area contributed by atoms with E-state index < -0.39 is 0 Å². The second kappa shape index (κ2) is 12.6. The van der Waals surface area contributed by atoms with Gasteiger partial charge in [-0.05, 0) is 54.5 Å². The predicted molar refractivity (Wildman–Crippen MR) is 188 cm³/mol. The maximum atomic E-state index is 6.41. The average molecular weight is 627 g/mol. The molecule has 0 amide bonds. The first-order valence-corrected chi connectivity index (χ1v) is 18.1. The van der Waals surface area contributed by atoms with Crippen molar-refractivity contribution in [1.82, 2.24) is 0 Å². The van der Waals surface area contributed by atoms with Crippen molar-refractivity contribution in [2.45, 2.75) is 45.6 Å². The zero-order chi connectivity index (χ0) is 28.5. The minimum atomic E-state index is 0.667. The van der Waals surface area contributed by atoms with Crippen molar-refractivity contribution >= 4 is 84.3 Å². The van der Waals surface area contributed by atoms with Gasteiger partial charge in [-0.1, -0.05) is 74.0 Å². The maximum Gasteiger partial charge on any atom is 0.0737 e. The number of rotatable bonds is 12. The average Bonchev–Trinajstić information content (AvgIpc) is 3.78. The molecule has 0 spiro atoms. The Morgan fingerprint density at radius 3 is 1.74 bits per heavy atom. The number of unbranched alkanes of at least 4 members (excludes halogenated alkanes) is 2. The van der Waals surface area contributed by atoms with E-state index in [4.69, 9.17) is 9.47 Å². The van der Waals surface area contributed by atoms with Crippen LogP contribution in [0.1, 0.15) is 43.7 Å². The summed E-state index contributed by atoms with van der Waals surface area (Å²) in [5, 5.41) is 2.91. The lowest BCUT2D eigenvalue weighted by Crippen LogP contribution is -1.98. The summed E-state index contributed by atoms with van der Waals surface area (Å²) in [4.78, 5) is 2.70. The molecule has 0 aliphatic rings. The Bertz CT molecular complexity index is 1810. The number of methoxy groups -OCH3 is 1. The molecule has 0 aliphatic carbocycles. The van der Waals surface area contributed by atoms with Crippen LogP contribution in [0.2, 0.25) is 0 Å². The molecule has 0 saturated carbocycles. The second-order valence-corrected chi connectivity index (χ2v) is 15.0. The molecule has 0 N–H and O–H groups in total. The molecule has 2 nitrogen and oxygen atoms in total. The van der Waals surface area contributed by atoms with E-state index in [2.05, 4.69) is 79.7 Å². The molecule has 0 aliphatic heterocycles. The molecule has 4 aromatic heterocycles. The van der Waals surface area contributed by atoms with Gasteiger partial charge in [0.05, 0.1) is 16.0 Å². The molecule has 0 fully saturated rings. The third-order valence-electron chi connectivity index (χ3n) is 7.91. The largest absolute Gasteiger partial charge is 0.385 e. The van der Waals surface area contributed by atoms with Crippen LogP contribution in [0.5, 0.6) is 0 Å². The molecular formula is C36H34O2S4. The van der Waals surface area contributed by atoms with Crippen molar-refractivity contribution in [3.05, 3.63) is 83.9 Å². The van der Waals surface area contributed by atoms with Crippen molar-refractivity contribution < 1.29 is 9.47 Å². The minimum absolute atomic E-state index is 0.667. The molecule has 7 aromatic rings. The molecule has 4 heterocycles. The van der Waals surface area contributed by atoms with Gasteiger partial charge in [0, 0.05) is 65.2 Å². The first kappa shape index (κ1) is 28.2. The van der Waals surface area contributed by atoms with Crippen LogP contribution in [-0.4, -0.2) is 20.3 Å². The normalized spacial score (nSPS) is 12.0. The lowest BCUT2D eigenvalue weighted by Gasteiger charge is -2.13. The minimum Gasteiger partial charge on any atom is -0.385 e. The van der Waals surface area contributed by atoms with Crippen LogP contribution in [0.4, 0.5) is 0 Å². The number of benzene rings is 3. The van der Waals surface area contributed by atoms with Gasteiger partial charge in [-0.15, -0.1) is 45.3 Å². The Kier molecular flexibility index (Phi) is 8.44. The molecule has 42 heavy (non-hydrogen) atoms. The zero-order valence-electron chi connectivity index (χ0n) is 24.0. The molecular weight excluding hydrogens is 593 g/mol. The van der Waals surface area contributed by atoms with Gasteiger partial charge in [0.25, 0.3) is 0 Å². The van der Waals surface area contributed by atoms with Crippen LogP contribution < -0.4 is 0 Å². The number of fused-ring (bicyclic) bond motifs is 6. The van der Waals surface area contributed by atoms with Gasteiger partial charge in [-0.3, -0.25) is 0 Å². The summed E-state index contributed by atoms with van der Waals surface area (Å²) >= 11 is 7.86. The van der Waals surface area contributed by atoms with Gasteiger partial charge in [0.1, 0.15) is 0 Å². The summed E-state index contributed by atoms with van der Waals surface area (Å²) in [7, 11) is 1.81. The summed E-state index contributed by atoms with van der Waals surface area (Å²) < 4.78 is 20.4. The monoisotopic (exact) mass is 626 g/mol. The van der Waals surface area contributed by atoms with Crippen LogP contribution >= 0.6 is 45.3 Å². The van der Waals surface area contributed by atoms with Crippen molar-refractivity contribution in [3.8, 4) is 20.9 Å². The summed E-state index contributed by atoms with van der Waals surface area (Å²) in [6, 6.07) is 26.5. The second-order valence-electron chi connectivity index (χ2n) is 10.8. The molecule has 0 bridgehead atoms. The SMILES string of the molecule is CCCCOCc1c2sc3cc(-c4ccccc4)sc3c2c(CCCCOC)c2sc3cc(-c4ccccc4)sc3c12. The predicted octanol–water partition coefficient (Wildman–Crippen LogP) is 12.2. The molecule has 0 saturated heterocycles. The number of aryl methyl sites for hydroxylation is 1. The summed E-state index contributed by atoms with van der Waals surface area (Å²) in [5.74, 6) is 0. The number of hydrogen-bond donors (Lipinski definition) is 0. The number of thiophene rings is 4. The highest BCUT2D eigenvalue weighted by Crippen LogP contribution is 2.53. The fraction of sp³-hybridized carbons (Fsp3) is 0.278. The number of hydrogen-bond acceptors (Lipinski definition) is 6. The van der Waals surface area contributed by atoms with E-state index in [0.717, 1.165) is 45.3 Å². The molecule has 214 valence electrons. The summed E-state index contributed by atoms with van der Waals surface area (Å²) in [6.07, 6.45) is 5.51. The van der Waals surface area contributed by atoms with Crippen LogP contribution in [0, 0.1) is 0 Å². The van der Waals surface area contributed by atoms with Crippen LogP contribution in [-0.2, 0) is 22.5 Å². The van der Waals surface area contributed by atoms with Gasteiger partial charge in [-0.2, -0.15) is 0 Å². The first-order valence-electron chi connectivity index (χ1n) is 14.8. The molecule has 0 radical (unpaired) electrons. The van der Waals surface area contributed by atoms with E-state index in [-0.39, 0.29) is 0 Å². The molecule has 6 heteroatoms. The van der Waals surface area contributed by atoms with E-state index in [9.17, 15) is 0 Å². The van der Waals surface area contributed by atoms with Gasteiger partial charge in [0.2, 0.25) is 0 Å². The Morgan fingerprint density at radius 2 is 1.17 bits per heavy atom. The Hall–Kier alpha value is -2.58. The summed E-state index contributed by atoms with van der Waals surface area (Å²) in [5.41, 5.74) is 5.51. The third-order valence-corrected chi connectivity index (χ3v) is 13.0. The van der Waals surface area contributed by atoms with E-state index in [0.29, 0.717) is 6.61 Å². The van der Waals surface area contributed by atoms with E-state index >= 15 is 0 Å². The Morgan fingerprint density at radius 1 is 0.595 bits per heavy atom. The maximum absolute atomic E-state index is 6.41. The quantitative estimate of drug-likeness (QED) is 0.126. The van der Waals surface area contributed by atoms with Crippen molar-refractivity contribution in [3.63, 3.8) is 0 Å². The van der Waals surface area contributed by atoms with Crippen molar-refractivity contribution in [2.24, 2.45) is 0 Å². The fourth-order valence-corrected chi connectivity index (χ4v) is 11.3. The highest BCUT2D eigenvalue weighted by molar-refractivity contribution is 7.36. The van der Waals surface area contributed by atoms with E-state index in [1.54, 1.807) is 7.11 Å².